The van der Waals surface area contributed by atoms with E-state index in [-0.39, 0.29) is 17.0 Å². The van der Waals surface area contributed by atoms with E-state index in [2.05, 4.69) is 20.3 Å². The van der Waals surface area contributed by atoms with E-state index in [4.69, 9.17) is 4.74 Å². The van der Waals surface area contributed by atoms with Crippen molar-refractivity contribution in [2.24, 2.45) is 7.05 Å². The Morgan fingerprint density at radius 3 is 2.68 bits per heavy atom. The fourth-order valence-corrected chi connectivity index (χ4v) is 3.18. The lowest BCUT2D eigenvalue weighted by molar-refractivity contribution is -0.385. The average molecular weight is 418 g/mol. The van der Waals surface area contributed by atoms with Crippen molar-refractivity contribution in [3.8, 4) is 17.0 Å². The highest BCUT2D eigenvalue weighted by molar-refractivity contribution is 5.91. The van der Waals surface area contributed by atoms with E-state index >= 15 is 0 Å². The summed E-state index contributed by atoms with van der Waals surface area (Å²) < 4.78 is 6.45. The minimum absolute atomic E-state index is 0.151. The molecule has 0 spiro atoms. The highest BCUT2D eigenvalue weighted by Gasteiger charge is 2.18. The number of ether oxygens (including phenoxy) is 1. The number of nitro benzene ring substituents is 1. The van der Waals surface area contributed by atoms with Gasteiger partial charge in [-0.25, -0.2) is 9.97 Å². The van der Waals surface area contributed by atoms with Crippen LogP contribution in [-0.4, -0.2) is 31.6 Å². The summed E-state index contributed by atoms with van der Waals surface area (Å²) in [4.78, 5) is 36.6. The van der Waals surface area contributed by atoms with Crippen molar-refractivity contribution < 1.29 is 9.66 Å². The maximum Gasteiger partial charge on any atom is 0.311 e. The normalized spacial score (nSPS) is 10.8. The van der Waals surface area contributed by atoms with Gasteiger partial charge in [0.15, 0.2) is 5.75 Å². The highest BCUT2D eigenvalue weighted by Crippen LogP contribution is 2.33. The van der Waals surface area contributed by atoms with Crippen LogP contribution in [0.2, 0.25) is 0 Å². The molecule has 1 aromatic carbocycles. The molecule has 10 nitrogen and oxygen atoms in total. The highest BCUT2D eigenvalue weighted by atomic mass is 16.6. The maximum atomic E-state index is 12.8. The zero-order valence-corrected chi connectivity index (χ0v) is 16.8. The predicted molar refractivity (Wildman–Crippen MR) is 115 cm³/mol. The van der Waals surface area contributed by atoms with Gasteiger partial charge in [0.1, 0.15) is 11.2 Å². The van der Waals surface area contributed by atoms with Gasteiger partial charge in [-0.2, -0.15) is 0 Å². The standard InChI is InChI=1S/C21H18N6O4/c1-26-12-24-16-10-15(14-3-4-18(31-2)17(9-14)27(29)30)25-20(19(16)21(26)28)23-11-13-5-7-22-8-6-13/h3-10,12H,11H2,1-2H3,(H,23,25). The fraction of sp³-hybridized carbons (Fsp3) is 0.143. The van der Waals surface area contributed by atoms with Crippen LogP contribution in [0.25, 0.3) is 22.2 Å². The lowest BCUT2D eigenvalue weighted by atomic mass is 10.1. The largest absolute Gasteiger partial charge is 0.490 e. The number of anilines is 1. The number of nitrogens with zero attached hydrogens (tertiary/aromatic N) is 5. The quantitative estimate of drug-likeness (QED) is 0.374. The molecule has 0 bridgehead atoms. The molecule has 0 saturated carbocycles. The Balaban J connectivity index is 1.86. The Morgan fingerprint density at radius 2 is 1.97 bits per heavy atom. The number of nitrogens with one attached hydrogen (secondary N) is 1. The summed E-state index contributed by atoms with van der Waals surface area (Å²) in [5, 5.41) is 14.9. The summed E-state index contributed by atoms with van der Waals surface area (Å²) in [6.07, 6.45) is 4.78. The van der Waals surface area contributed by atoms with E-state index in [1.54, 1.807) is 31.6 Å². The van der Waals surface area contributed by atoms with Crippen LogP contribution in [0.3, 0.4) is 0 Å². The predicted octanol–water partition coefficient (Wildman–Crippen LogP) is 2.92. The van der Waals surface area contributed by atoms with Crippen LogP contribution in [0.4, 0.5) is 11.5 Å². The number of aryl methyl sites for hydroxylation is 1. The van der Waals surface area contributed by atoms with Gasteiger partial charge in [0.2, 0.25) is 0 Å². The van der Waals surface area contributed by atoms with E-state index < -0.39 is 4.92 Å². The third kappa shape index (κ3) is 3.90. The first-order chi connectivity index (χ1) is 15.0. The van der Waals surface area contributed by atoms with Crippen LogP contribution in [0.5, 0.6) is 5.75 Å². The fourth-order valence-electron chi connectivity index (χ4n) is 3.18. The Kier molecular flexibility index (Phi) is 5.27. The second-order valence-electron chi connectivity index (χ2n) is 6.76. The molecule has 0 amide bonds. The number of pyridine rings is 2. The van der Waals surface area contributed by atoms with Gasteiger partial charge < -0.3 is 14.6 Å². The lowest BCUT2D eigenvalue weighted by Gasteiger charge is -2.12. The summed E-state index contributed by atoms with van der Waals surface area (Å²) in [7, 11) is 2.99. The molecule has 31 heavy (non-hydrogen) atoms. The lowest BCUT2D eigenvalue weighted by Crippen LogP contribution is -2.19. The molecule has 0 unspecified atom stereocenters. The molecule has 10 heteroatoms. The van der Waals surface area contributed by atoms with Gasteiger partial charge in [-0.1, -0.05) is 0 Å². The molecule has 156 valence electrons. The molecule has 0 fully saturated rings. The smallest absolute Gasteiger partial charge is 0.311 e. The third-order valence-electron chi connectivity index (χ3n) is 4.78. The van der Waals surface area contributed by atoms with Gasteiger partial charge in [0, 0.05) is 37.6 Å². The SMILES string of the molecule is COc1ccc(-c2cc3ncn(C)c(=O)c3c(NCc3ccncc3)n2)cc1[N+](=O)[O-]. The Morgan fingerprint density at radius 1 is 1.19 bits per heavy atom. The number of hydrogen-bond acceptors (Lipinski definition) is 8. The molecular weight excluding hydrogens is 400 g/mol. The number of aromatic nitrogens is 4. The molecule has 0 radical (unpaired) electrons. The van der Waals surface area contributed by atoms with E-state index in [0.29, 0.717) is 34.5 Å². The molecule has 0 aliphatic rings. The minimum Gasteiger partial charge on any atom is -0.490 e. The monoisotopic (exact) mass is 418 g/mol. The van der Waals surface area contributed by atoms with Gasteiger partial charge in [-0.15, -0.1) is 0 Å². The van der Waals surface area contributed by atoms with Crippen LogP contribution in [-0.2, 0) is 13.6 Å². The maximum absolute atomic E-state index is 12.8. The minimum atomic E-state index is -0.514. The van der Waals surface area contributed by atoms with Gasteiger partial charge in [0.05, 0.1) is 29.6 Å². The number of benzene rings is 1. The van der Waals surface area contributed by atoms with E-state index in [1.807, 2.05) is 12.1 Å². The average Bonchev–Trinajstić information content (AvgIpc) is 2.79. The van der Waals surface area contributed by atoms with Crippen LogP contribution in [0.1, 0.15) is 5.56 Å². The first-order valence-corrected chi connectivity index (χ1v) is 9.30. The summed E-state index contributed by atoms with van der Waals surface area (Å²) in [5.41, 5.74) is 1.91. The summed E-state index contributed by atoms with van der Waals surface area (Å²) in [5.74, 6) is 0.494. The molecule has 0 aliphatic carbocycles. The molecular formula is C21H18N6O4. The van der Waals surface area contributed by atoms with Gasteiger partial charge in [-0.05, 0) is 35.9 Å². The van der Waals surface area contributed by atoms with Crippen molar-refractivity contribution in [3.05, 3.63) is 81.2 Å². The van der Waals surface area contributed by atoms with E-state index in [9.17, 15) is 14.9 Å². The molecule has 1 N–H and O–H groups in total. The molecule has 0 aliphatic heterocycles. The van der Waals surface area contributed by atoms with Crippen LogP contribution < -0.4 is 15.6 Å². The third-order valence-corrected chi connectivity index (χ3v) is 4.78. The van der Waals surface area contributed by atoms with Gasteiger partial charge >= 0.3 is 5.69 Å². The van der Waals surface area contributed by atoms with Crippen LogP contribution in [0.15, 0.2) is 59.9 Å². The van der Waals surface area contributed by atoms with Gasteiger partial charge in [0.25, 0.3) is 5.56 Å². The first kappa shape index (κ1) is 20.0. The first-order valence-electron chi connectivity index (χ1n) is 9.30. The zero-order valence-electron chi connectivity index (χ0n) is 16.8. The number of rotatable bonds is 6. The van der Waals surface area contributed by atoms with E-state index in [0.717, 1.165) is 5.56 Å². The molecule has 4 aromatic rings. The van der Waals surface area contributed by atoms with E-state index in [1.165, 1.54) is 30.1 Å². The number of fused-ring (bicyclic) bond motifs is 1. The van der Waals surface area contributed by atoms with Crippen molar-refractivity contribution in [2.75, 3.05) is 12.4 Å². The van der Waals surface area contributed by atoms with Crippen molar-refractivity contribution in [1.29, 1.82) is 0 Å². The molecule has 3 heterocycles. The molecule has 0 atom stereocenters. The van der Waals surface area contributed by atoms with Crippen molar-refractivity contribution in [1.82, 2.24) is 19.5 Å². The van der Waals surface area contributed by atoms with Crippen LogP contribution in [0, 0.1) is 10.1 Å². The zero-order chi connectivity index (χ0) is 22.0. The molecule has 0 saturated heterocycles. The Labute approximate surface area is 176 Å². The Hall–Kier alpha value is -4.34. The van der Waals surface area contributed by atoms with Crippen molar-refractivity contribution in [2.45, 2.75) is 6.54 Å². The second kappa shape index (κ2) is 8.19. The Bertz CT molecular complexity index is 1340. The molecule has 3 aromatic heterocycles. The number of nitro groups is 1. The van der Waals surface area contributed by atoms with Crippen molar-refractivity contribution >= 4 is 22.4 Å². The second-order valence-corrected chi connectivity index (χ2v) is 6.76. The molecule has 4 rings (SSSR count). The number of methoxy groups -OCH3 is 1. The summed E-state index contributed by atoms with van der Waals surface area (Å²) in [6.45, 7) is 0.412. The van der Waals surface area contributed by atoms with Gasteiger partial charge in [-0.3, -0.25) is 19.9 Å². The van der Waals surface area contributed by atoms with Crippen LogP contribution >= 0.6 is 0 Å². The summed E-state index contributed by atoms with van der Waals surface area (Å²) >= 11 is 0. The summed E-state index contributed by atoms with van der Waals surface area (Å²) in [6, 6.07) is 9.92. The number of hydrogen-bond donors (Lipinski definition) is 1. The topological polar surface area (TPSA) is 125 Å². The van der Waals surface area contributed by atoms with Crippen molar-refractivity contribution in [3.63, 3.8) is 0 Å².